The van der Waals surface area contributed by atoms with Gasteiger partial charge in [-0.25, -0.2) is 28.7 Å². The van der Waals surface area contributed by atoms with Crippen molar-refractivity contribution in [1.82, 2.24) is 30.6 Å². The van der Waals surface area contributed by atoms with Gasteiger partial charge in [-0.15, -0.1) is 47.5 Å². The van der Waals surface area contributed by atoms with Crippen molar-refractivity contribution >= 4 is 79.6 Å². The SMILES string of the molecule is C.Cl.Cl.Fc1cccc(CNCCCNc2ncnc3sc4c(c23)CCCC4)c1.Fc1cccc(CNCCCNc2ncnc3sc4c(c23)CCCC4)c1. The molecular weight excluding hydrogens is 778 g/mol. The van der Waals surface area contributed by atoms with Gasteiger partial charge in [0.15, 0.2) is 0 Å². The molecule has 8 rings (SSSR count). The molecule has 0 atom stereocenters. The molecule has 55 heavy (non-hydrogen) atoms. The van der Waals surface area contributed by atoms with Gasteiger partial charge in [-0.3, -0.25) is 0 Å². The molecule has 4 N–H and O–H groups in total. The van der Waals surface area contributed by atoms with Crippen LogP contribution < -0.4 is 21.3 Å². The quantitative estimate of drug-likeness (QED) is 0.0806. The Labute approximate surface area is 343 Å². The molecule has 2 aliphatic carbocycles. The topological polar surface area (TPSA) is 99.7 Å². The van der Waals surface area contributed by atoms with E-state index in [1.54, 1.807) is 36.9 Å². The van der Waals surface area contributed by atoms with Crippen molar-refractivity contribution in [3.05, 3.63) is 105 Å². The highest BCUT2D eigenvalue weighted by molar-refractivity contribution is 7.19. The molecule has 0 fully saturated rings. The second kappa shape index (κ2) is 22.3. The Hall–Kier alpha value is -3.52. The third kappa shape index (κ3) is 11.8. The van der Waals surface area contributed by atoms with E-state index in [0.29, 0.717) is 13.1 Å². The molecule has 4 aromatic heterocycles. The number of benzene rings is 2. The molecule has 296 valence electrons. The summed E-state index contributed by atoms with van der Waals surface area (Å²) in [4.78, 5) is 23.1. The summed E-state index contributed by atoms with van der Waals surface area (Å²) in [5.41, 5.74) is 4.87. The number of fused-ring (bicyclic) bond motifs is 6. The fourth-order valence-corrected chi connectivity index (χ4v) is 9.51. The summed E-state index contributed by atoms with van der Waals surface area (Å²) in [6, 6.07) is 13.5. The number of rotatable bonds is 14. The molecule has 14 heteroatoms. The molecule has 2 aromatic carbocycles. The minimum atomic E-state index is -0.183. The Kier molecular flexibility index (Phi) is 17.9. The lowest BCUT2D eigenvalue weighted by Crippen LogP contribution is -2.18. The molecule has 0 saturated carbocycles. The largest absolute Gasteiger partial charge is 0.369 e. The molecule has 0 radical (unpaired) electrons. The van der Waals surface area contributed by atoms with E-state index in [2.05, 4.69) is 41.2 Å². The zero-order valence-corrected chi connectivity index (χ0v) is 33.5. The van der Waals surface area contributed by atoms with Crippen molar-refractivity contribution < 1.29 is 8.78 Å². The van der Waals surface area contributed by atoms with Crippen molar-refractivity contribution in [2.24, 2.45) is 0 Å². The lowest BCUT2D eigenvalue weighted by atomic mass is 9.97. The van der Waals surface area contributed by atoms with Gasteiger partial charge in [0.05, 0.1) is 10.8 Å². The predicted molar refractivity (Wildman–Crippen MR) is 232 cm³/mol. The number of aromatic nitrogens is 4. The molecule has 0 spiro atoms. The standard InChI is InChI=1S/2C20H23FN4S.CH4.2ClH/c2*21-15-6-3-5-14(11-15)12-22-9-4-10-23-19-18-16-7-1-2-8-17(16)26-20(18)25-13-24-19;;;/h2*3,5-6,11,13,22H,1-2,4,7-10,12H2,(H,23,24,25);1H4;2*1H. The summed E-state index contributed by atoms with van der Waals surface area (Å²) in [5, 5.41) is 16.2. The normalized spacial score (nSPS) is 13.0. The minimum Gasteiger partial charge on any atom is -0.369 e. The first-order valence-corrected chi connectivity index (χ1v) is 20.1. The predicted octanol–water partition coefficient (Wildman–Crippen LogP) is 10.1. The second-order valence-corrected chi connectivity index (χ2v) is 15.6. The fraction of sp³-hybridized carbons (Fsp3) is 0.415. The van der Waals surface area contributed by atoms with Gasteiger partial charge >= 0.3 is 0 Å². The number of nitrogens with one attached hydrogen (secondary N) is 4. The van der Waals surface area contributed by atoms with E-state index in [1.165, 1.54) is 82.3 Å². The van der Waals surface area contributed by atoms with E-state index in [4.69, 9.17) is 0 Å². The summed E-state index contributed by atoms with van der Waals surface area (Å²) in [7, 11) is 0. The average Bonchev–Trinajstić information content (AvgIpc) is 3.74. The summed E-state index contributed by atoms with van der Waals surface area (Å²) < 4.78 is 26.3. The van der Waals surface area contributed by atoms with Crippen molar-refractivity contribution in [2.75, 3.05) is 36.8 Å². The number of anilines is 2. The smallest absolute Gasteiger partial charge is 0.138 e. The first-order valence-electron chi connectivity index (χ1n) is 18.5. The maximum atomic E-state index is 13.2. The highest BCUT2D eigenvalue weighted by atomic mass is 35.5. The van der Waals surface area contributed by atoms with E-state index < -0.39 is 0 Å². The van der Waals surface area contributed by atoms with Gasteiger partial charge < -0.3 is 21.3 Å². The van der Waals surface area contributed by atoms with E-state index in [9.17, 15) is 8.78 Å². The van der Waals surface area contributed by atoms with Gasteiger partial charge in [0.2, 0.25) is 0 Å². The third-order valence-corrected chi connectivity index (χ3v) is 12.0. The number of hydrogen-bond donors (Lipinski definition) is 4. The van der Waals surface area contributed by atoms with E-state index in [0.717, 1.165) is 84.3 Å². The Balaban J connectivity index is 0.000000232. The van der Waals surface area contributed by atoms with Crippen LogP contribution in [-0.2, 0) is 38.8 Å². The van der Waals surface area contributed by atoms with Crippen molar-refractivity contribution in [3.63, 3.8) is 0 Å². The van der Waals surface area contributed by atoms with Crippen LogP contribution in [0.15, 0.2) is 61.2 Å². The van der Waals surface area contributed by atoms with Crippen molar-refractivity contribution in [2.45, 2.75) is 84.7 Å². The summed E-state index contributed by atoms with van der Waals surface area (Å²) in [5.74, 6) is 1.58. The first-order chi connectivity index (χ1) is 25.6. The third-order valence-electron chi connectivity index (χ3n) is 9.58. The van der Waals surface area contributed by atoms with Crippen molar-refractivity contribution in [3.8, 4) is 0 Å². The van der Waals surface area contributed by atoms with E-state index in [1.807, 2.05) is 34.8 Å². The van der Waals surface area contributed by atoms with E-state index in [-0.39, 0.29) is 43.9 Å². The molecule has 0 bridgehead atoms. The average molecular weight is 830 g/mol. The minimum absolute atomic E-state index is 0. The van der Waals surface area contributed by atoms with E-state index >= 15 is 0 Å². The second-order valence-electron chi connectivity index (χ2n) is 13.4. The van der Waals surface area contributed by atoms with Crippen LogP contribution in [0.25, 0.3) is 20.4 Å². The highest BCUT2D eigenvalue weighted by Crippen LogP contribution is 2.39. The van der Waals surface area contributed by atoms with Gasteiger partial charge in [-0.1, -0.05) is 31.7 Å². The van der Waals surface area contributed by atoms with Gasteiger partial charge in [0.1, 0.15) is 45.6 Å². The maximum absolute atomic E-state index is 13.2. The Morgan fingerprint density at radius 1 is 0.564 bits per heavy atom. The number of aryl methyl sites for hydroxylation is 4. The van der Waals surface area contributed by atoms with Crippen LogP contribution in [0.5, 0.6) is 0 Å². The van der Waals surface area contributed by atoms with Gasteiger partial charge in [-0.05, 0) is 124 Å². The van der Waals surface area contributed by atoms with Crippen molar-refractivity contribution in [1.29, 1.82) is 0 Å². The molecule has 0 unspecified atom stereocenters. The van der Waals surface area contributed by atoms with Crippen LogP contribution in [0, 0.1) is 11.6 Å². The molecule has 0 aliphatic heterocycles. The fourth-order valence-electron chi connectivity index (χ4n) is 7.05. The Bertz CT molecular complexity index is 1950. The lowest BCUT2D eigenvalue weighted by Gasteiger charge is -2.12. The molecule has 8 nitrogen and oxygen atoms in total. The summed E-state index contributed by atoms with van der Waals surface area (Å²) in [6.07, 6.45) is 15.0. The molecule has 0 amide bonds. The zero-order chi connectivity index (χ0) is 35.5. The molecule has 2 aliphatic rings. The van der Waals surface area contributed by atoms with Crippen LogP contribution >= 0.6 is 47.5 Å². The molecule has 0 saturated heterocycles. The monoisotopic (exact) mass is 828 g/mol. The van der Waals surface area contributed by atoms with Crippen LogP contribution in [0.4, 0.5) is 20.4 Å². The number of halogens is 4. The lowest BCUT2D eigenvalue weighted by molar-refractivity contribution is 0.617. The van der Waals surface area contributed by atoms with Gasteiger partial charge in [-0.2, -0.15) is 0 Å². The molecule has 6 aromatic rings. The maximum Gasteiger partial charge on any atom is 0.138 e. The highest BCUT2D eigenvalue weighted by Gasteiger charge is 2.21. The number of hydrogen-bond acceptors (Lipinski definition) is 10. The van der Waals surface area contributed by atoms with Crippen LogP contribution in [0.2, 0.25) is 0 Å². The summed E-state index contributed by atoms with van der Waals surface area (Å²) >= 11 is 3.65. The molecular formula is C41H52Cl2F2N8S2. The summed E-state index contributed by atoms with van der Waals surface area (Å²) in [6.45, 7) is 4.83. The number of nitrogens with zero attached hydrogens (tertiary/aromatic N) is 4. The zero-order valence-electron chi connectivity index (χ0n) is 30.3. The van der Waals surface area contributed by atoms with Crippen LogP contribution in [0.1, 0.15) is 78.0 Å². The van der Waals surface area contributed by atoms with Crippen LogP contribution in [0.3, 0.4) is 0 Å². The Morgan fingerprint density at radius 2 is 1.00 bits per heavy atom. The number of thiophene rings is 2. The molecule has 4 heterocycles. The Morgan fingerprint density at radius 3 is 1.44 bits per heavy atom. The van der Waals surface area contributed by atoms with Gasteiger partial charge in [0.25, 0.3) is 0 Å². The van der Waals surface area contributed by atoms with Gasteiger partial charge in [0, 0.05) is 35.9 Å². The first kappa shape index (κ1) is 44.2. The van der Waals surface area contributed by atoms with Crippen LogP contribution in [-0.4, -0.2) is 46.1 Å².